The highest BCUT2D eigenvalue weighted by Gasteiger charge is 2.12. The Hall–Kier alpha value is -2.44. The lowest BCUT2D eigenvalue weighted by molar-refractivity contribution is 0.399. The van der Waals surface area contributed by atoms with Crippen LogP contribution in [-0.2, 0) is 0 Å². The van der Waals surface area contributed by atoms with Crippen molar-refractivity contribution in [1.82, 2.24) is 9.97 Å². The van der Waals surface area contributed by atoms with E-state index in [-0.39, 0.29) is 28.6 Å². The van der Waals surface area contributed by atoms with Crippen LogP contribution in [0.15, 0.2) is 18.5 Å². The molecule has 0 spiro atoms. The van der Waals surface area contributed by atoms with Crippen LogP contribution in [0.1, 0.15) is 5.56 Å². The lowest BCUT2D eigenvalue weighted by Gasteiger charge is -2.11. The summed E-state index contributed by atoms with van der Waals surface area (Å²) in [4.78, 5) is 7.65. The molecule has 0 aliphatic heterocycles. The molecule has 1 aromatic heterocycles. The van der Waals surface area contributed by atoms with E-state index in [2.05, 4.69) is 15.3 Å². The first-order valence-corrected chi connectivity index (χ1v) is 5.40. The zero-order valence-electron chi connectivity index (χ0n) is 10.4. The largest absolute Gasteiger partial charge is 0.479 e. The summed E-state index contributed by atoms with van der Waals surface area (Å²) in [7, 11) is 1.40. The van der Waals surface area contributed by atoms with Gasteiger partial charge in [-0.25, -0.2) is 13.8 Å². The first-order chi connectivity index (χ1) is 9.02. The van der Waals surface area contributed by atoms with Crippen LogP contribution in [0.5, 0.6) is 5.88 Å². The second kappa shape index (κ2) is 5.05. The van der Waals surface area contributed by atoms with E-state index in [9.17, 15) is 8.78 Å². The molecule has 0 atom stereocenters. The number of halogens is 2. The Labute approximate surface area is 108 Å². The number of nitrogen functional groups attached to an aromatic ring is 1. The van der Waals surface area contributed by atoms with Crippen LogP contribution in [0.25, 0.3) is 0 Å². The number of ether oxygens (including phenoxy) is 1. The molecule has 0 amide bonds. The summed E-state index contributed by atoms with van der Waals surface area (Å²) in [5.74, 6) is -0.820. The van der Waals surface area contributed by atoms with Gasteiger partial charge in [-0.05, 0) is 18.6 Å². The molecule has 1 heterocycles. The standard InChI is InChI=1S/C12H12F2N4O/c1-6-3-8(14)9(4-7(6)13)18-11-10(15)12(19-2)17-5-16-11/h3-5H,15H2,1-2H3,(H,16,17,18). The Bertz CT molecular complexity index is 619. The lowest BCUT2D eigenvalue weighted by atomic mass is 10.2. The third-order valence-corrected chi connectivity index (χ3v) is 2.54. The summed E-state index contributed by atoms with van der Waals surface area (Å²) in [6.07, 6.45) is 1.21. The summed E-state index contributed by atoms with van der Waals surface area (Å²) >= 11 is 0. The van der Waals surface area contributed by atoms with Crippen molar-refractivity contribution >= 4 is 17.2 Å². The fraction of sp³-hybridized carbons (Fsp3) is 0.167. The van der Waals surface area contributed by atoms with Crippen molar-refractivity contribution < 1.29 is 13.5 Å². The number of hydrogen-bond acceptors (Lipinski definition) is 5. The van der Waals surface area contributed by atoms with Gasteiger partial charge in [0.25, 0.3) is 0 Å². The van der Waals surface area contributed by atoms with Crippen molar-refractivity contribution in [2.45, 2.75) is 6.92 Å². The summed E-state index contributed by atoms with van der Waals surface area (Å²) in [6.45, 7) is 1.48. The molecule has 19 heavy (non-hydrogen) atoms. The maximum absolute atomic E-state index is 13.7. The minimum Gasteiger partial charge on any atom is -0.479 e. The molecule has 0 radical (unpaired) electrons. The molecule has 0 aliphatic carbocycles. The molecule has 5 nitrogen and oxygen atoms in total. The van der Waals surface area contributed by atoms with Crippen molar-refractivity contribution in [3.05, 3.63) is 35.7 Å². The monoisotopic (exact) mass is 266 g/mol. The maximum Gasteiger partial charge on any atom is 0.242 e. The second-order valence-corrected chi connectivity index (χ2v) is 3.85. The number of nitrogens with two attached hydrogens (primary N) is 1. The van der Waals surface area contributed by atoms with Gasteiger partial charge in [-0.3, -0.25) is 0 Å². The van der Waals surface area contributed by atoms with Crippen molar-refractivity contribution in [3.63, 3.8) is 0 Å². The van der Waals surface area contributed by atoms with E-state index in [0.717, 1.165) is 12.1 Å². The predicted octanol–water partition coefficient (Wildman–Crippen LogP) is 2.40. The lowest BCUT2D eigenvalue weighted by Crippen LogP contribution is -2.04. The van der Waals surface area contributed by atoms with Crippen LogP contribution in [0.2, 0.25) is 0 Å². The Morgan fingerprint density at radius 3 is 2.63 bits per heavy atom. The summed E-state index contributed by atoms with van der Waals surface area (Å²) in [5, 5.41) is 2.61. The Morgan fingerprint density at radius 2 is 1.95 bits per heavy atom. The van der Waals surface area contributed by atoms with Gasteiger partial charge in [0.2, 0.25) is 5.88 Å². The van der Waals surface area contributed by atoms with E-state index in [4.69, 9.17) is 10.5 Å². The maximum atomic E-state index is 13.7. The van der Waals surface area contributed by atoms with Crippen molar-refractivity contribution in [2.24, 2.45) is 0 Å². The topological polar surface area (TPSA) is 73.1 Å². The second-order valence-electron chi connectivity index (χ2n) is 3.85. The first kappa shape index (κ1) is 13.0. The molecule has 0 saturated carbocycles. The number of aryl methyl sites for hydroxylation is 1. The molecule has 2 rings (SSSR count). The third kappa shape index (κ3) is 2.54. The number of aromatic nitrogens is 2. The van der Waals surface area contributed by atoms with Crippen molar-refractivity contribution in [1.29, 1.82) is 0 Å². The predicted molar refractivity (Wildman–Crippen MR) is 67.4 cm³/mol. The van der Waals surface area contributed by atoms with Gasteiger partial charge in [0.05, 0.1) is 12.8 Å². The molecular weight excluding hydrogens is 254 g/mol. The average Bonchev–Trinajstić information content (AvgIpc) is 2.38. The molecular formula is C12H12F2N4O. The SMILES string of the molecule is COc1ncnc(Nc2cc(F)c(C)cc2F)c1N. The number of benzene rings is 1. The van der Waals surface area contributed by atoms with Crippen molar-refractivity contribution in [2.75, 3.05) is 18.2 Å². The van der Waals surface area contributed by atoms with Gasteiger partial charge in [0.1, 0.15) is 23.6 Å². The Morgan fingerprint density at radius 1 is 1.21 bits per heavy atom. The number of rotatable bonds is 3. The minimum absolute atomic E-state index is 0.0597. The zero-order chi connectivity index (χ0) is 14.0. The molecule has 0 fully saturated rings. The number of methoxy groups -OCH3 is 1. The normalized spacial score (nSPS) is 10.3. The molecule has 100 valence electrons. The molecule has 3 N–H and O–H groups in total. The van der Waals surface area contributed by atoms with E-state index >= 15 is 0 Å². The van der Waals surface area contributed by atoms with Gasteiger partial charge in [-0.2, -0.15) is 4.98 Å². The zero-order valence-corrected chi connectivity index (χ0v) is 10.4. The molecule has 1 aromatic carbocycles. The quantitative estimate of drug-likeness (QED) is 0.892. The molecule has 2 aromatic rings. The molecule has 0 unspecified atom stereocenters. The molecule has 0 aliphatic rings. The molecule has 0 saturated heterocycles. The molecule has 7 heteroatoms. The minimum atomic E-state index is -0.601. The Kier molecular flexibility index (Phi) is 3.46. The third-order valence-electron chi connectivity index (χ3n) is 2.54. The summed E-state index contributed by atoms with van der Waals surface area (Å²) in [6, 6.07) is 2.13. The van der Waals surface area contributed by atoms with E-state index < -0.39 is 11.6 Å². The van der Waals surface area contributed by atoms with Crippen LogP contribution in [-0.4, -0.2) is 17.1 Å². The smallest absolute Gasteiger partial charge is 0.242 e. The average molecular weight is 266 g/mol. The van der Waals surface area contributed by atoms with Gasteiger partial charge >= 0.3 is 0 Å². The van der Waals surface area contributed by atoms with Gasteiger partial charge in [0, 0.05) is 6.07 Å². The van der Waals surface area contributed by atoms with Gasteiger partial charge in [-0.15, -0.1) is 0 Å². The number of nitrogens with zero attached hydrogens (tertiary/aromatic N) is 2. The summed E-state index contributed by atoms with van der Waals surface area (Å²) < 4.78 is 32.0. The van der Waals surface area contributed by atoms with Gasteiger partial charge in [-0.1, -0.05) is 0 Å². The van der Waals surface area contributed by atoms with Crippen LogP contribution in [0.4, 0.5) is 26.0 Å². The van der Waals surface area contributed by atoms with Gasteiger partial charge in [0.15, 0.2) is 5.82 Å². The number of nitrogens with one attached hydrogen (secondary N) is 1. The number of anilines is 3. The van der Waals surface area contributed by atoms with Gasteiger partial charge < -0.3 is 15.8 Å². The highest BCUT2D eigenvalue weighted by molar-refractivity contribution is 5.72. The highest BCUT2D eigenvalue weighted by atomic mass is 19.1. The van der Waals surface area contributed by atoms with E-state index in [0.29, 0.717) is 0 Å². The van der Waals surface area contributed by atoms with E-state index in [1.54, 1.807) is 0 Å². The summed E-state index contributed by atoms with van der Waals surface area (Å²) in [5.41, 5.74) is 6.01. The van der Waals surface area contributed by atoms with Crippen LogP contribution < -0.4 is 15.8 Å². The van der Waals surface area contributed by atoms with Crippen LogP contribution in [0.3, 0.4) is 0 Å². The van der Waals surface area contributed by atoms with Crippen LogP contribution >= 0.6 is 0 Å². The fourth-order valence-electron chi connectivity index (χ4n) is 1.51. The van der Waals surface area contributed by atoms with E-state index in [1.165, 1.54) is 20.4 Å². The van der Waals surface area contributed by atoms with Crippen LogP contribution in [0, 0.1) is 18.6 Å². The first-order valence-electron chi connectivity index (χ1n) is 5.40. The highest BCUT2D eigenvalue weighted by Crippen LogP contribution is 2.28. The fourth-order valence-corrected chi connectivity index (χ4v) is 1.51. The van der Waals surface area contributed by atoms with E-state index in [1.807, 2.05) is 0 Å². The number of hydrogen-bond donors (Lipinski definition) is 2. The molecule has 0 bridgehead atoms. The van der Waals surface area contributed by atoms with Crippen molar-refractivity contribution in [3.8, 4) is 5.88 Å². The Balaban J connectivity index is 2.39.